The highest BCUT2D eigenvalue weighted by atomic mass is 35.5. The molecular weight excluding hydrogens is 572 g/mol. The van der Waals surface area contributed by atoms with Gasteiger partial charge in [-0.2, -0.15) is 26.3 Å². The van der Waals surface area contributed by atoms with Crippen molar-refractivity contribution in [2.24, 2.45) is 0 Å². The van der Waals surface area contributed by atoms with Crippen molar-refractivity contribution in [2.75, 3.05) is 18.4 Å². The lowest BCUT2D eigenvalue weighted by Crippen LogP contribution is -2.50. The van der Waals surface area contributed by atoms with Gasteiger partial charge in [-0.1, -0.05) is 59.6 Å². The molecular formula is C27H23Cl2F7N2O. The minimum absolute atomic E-state index is 0.137. The summed E-state index contributed by atoms with van der Waals surface area (Å²) in [4.78, 5) is 15.0. The molecule has 0 aromatic heterocycles. The Bertz CT molecular complexity index is 1260. The predicted octanol–water partition coefficient (Wildman–Crippen LogP) is 8.60. The van der Waals surface area contributed by atoms with E-state index in [-0.39, 0.29) is 24.2 Å². The summed E-state index contributed by atoms with van der Waals surface area (Å²) in [7, 11) is 0. The number of benzene rings is 3. The number of hydrogen-bond donors (Lipinski definition) is 1. The van der Waals surface area contributed by atoms with Crippen LogP contribution in [-0.4, -0.2) is 36.2 Å². The SMILES string of the molecule is CCNc1ccc(Cl)cc1C(=O)N(CCc1ccc(Cl)cc1)Cc1ccc(C(F)(C(F)(F)F)C(F)(F)F)cc1. The second-order valence-corrected chi connectivity index (χ2v) is 9.55. The molecule has 0 aliphatic rings. The van der Waals surface area contributed by atoms with Crippen LogP contribution in [0.1, 0.15) is 34.0 Å². The molecule has 0 atom stereocenters. The Balaban J connectivity index is 1.95. The van der Waals surface area contributed by atoms with Crippen LogP contribution in [0.4, 0.5) is 36.4 Å². The smallest absolute Gasteiger partial charge is 0.385 e. The van der Waals surface area contributed by atoms with Crippen LogP contribution < -0.4 is 5.32 Å². The van der Waals surface area contributed by atoms with Crippen LogP contribution >= 0.6 is 23.2 Å². The summed E-state index contributed by atoms with van der Waals surface area (Å²) >= 11 is 12.0. The quantitative estimate of drug-likeness (QED) is 0.252. The van der Waals surface area contributed by atoms with Gasteiger partial charge in [-0.05, 0) is 54.8 Å². The van der Waals surface area contributed by atoms with E-state index in [2.05, 4.69) is 5.32 Å². The average Bonchev–Trinajstić information content (AvgIpc) is 2.87. The van der Waals surface area contributed by atoms with E-state index in [4.69, 9.17) is 23.2 Å². The topological polar surface area (TPSA) is 32.3 Å². The Hall–Kier alpha value is -2.98. The van der Waals surface area contributed by atoms with Crippen molar-refractivity contribution in [1.29, 1.82) is 0 Å². The van der Waals surface area contributed by atoms with Gasteiger partial charge in [-0.15, -0.1) is 0 Å². The van der Waals surface area contributed by atoms with Gasteiger partial charge in [0.2, 0.25) is 0 Å². The monoisotopic (exact) mass is 594 g/mol. The first kappa shape index (κ1) is 30.6. The lowest BCUT2D eigenvalue weighted by Gasteiger charge is -2.30. The summed E-state index contributed by atoms with van der Waals surface area (Å²) in [5.74, 6) is -0.475. The van der Waals surface area contributed by atoms with Crippen molar-refractivity contribution < 1.29 is 35.5 Å². The Morgan fingerprint density at radius 2 is 1.33 bits per heavy atom. The summed E-state index contributed by atoms with van der Waals surface area (Å²) < 4.78 is 93.3. The van der Waals surface area contributed by atoms with E-state index < -0.39 is 29.5 Å². The number of halogens is 9. The highest BCUT2D eigenvalue weighted by Crippen LogP contribution is 2.53. The van der Waals surface area contributed by atoms with E-state index >= 15 is 0 Å². The maximum atomic E-state index is 14.4. The molecule has 0 saturated heterocycles. The molecule has 3 rings (SSSR count). The number of nitrogens with one attached hydrogen (secondary N) is 1. The van der Waals surface area contributed by atoms with E-state index in [1.54, 1.807) is 36.4 Å². The molecule has 0 spiro atoms. The molecule has 12 heteroatoms. The summed E-state index contributed by atoms with van der Waals surface area (Å²) in [5.41, 5.74) is -5.38. The highest BCUT2D eigenvalue weighted by molar-refractivity contribution is 6.31. The fraction of sp³-hybridized carbons (Fsp3) is 0.296. The Labute approximate surface area is 230 Å². The summed E-state index contributed by atoms with van der Waals surface area (Å²) in [5, 5.41) is 3.87. The fourth-order valence-corrected chi connectivity index (χ4v) is 4.22. The van der Waals surface area contributed by atoms with Crippen molar-refractivity contribution >= 4 is 34.8 Å². The number of amides is 1. The number of rotatable bonds is 9. The van der Waals surface area contributed by atoms with Gasteiger partial charge in [0.25, 0.3) is 5.91 Å². The van der Waals surface area contributed by atoms with Crippen molar-refractivity contribution in [1.82, 2.24) is 4.90 Å². The zero-order chi connectivity index (χ0) is 29.0. The Morgan fingerprint density at radius 1 is 0.795 bits per heavy atom. The molecule has 1 N–H and O–H groups in total. The van der Waals surface area contributed by atoms with Gasteiger partial charge in [0.05, 0.1) is 5.56 Å². The zero-order valence-electron chi connectivity index (χ0n) is 20.4. The van der Waals surface area contributed by atoms with Crippen molar-refractivity contribution in [3.05, 3.63) is 99.0 Å². The van der Waals surface area contributed by atoms with E-state index in [1.165, 1.54) is 11.0 Å². The first-order chi connectivity index (χ1) is 18.2. The maximum Gasteiger partial charge on any atom is 0.435 e. The molecule has 0 radical (unpaired) electrons. The van der Waals surface area contributed by atoms with E-state index in [9.17, 15) is 35.5 Å². The molecule has 0 heterocycles. The molecule has 39 heavy (non-hydrogen) atoms. The Kier molecular flexibility index (Phi) is 9.43. The molecule has 3 aromatic carbocycles. The predicted molar refractivity (Wildman–Crippen MR) is 137 cm³/mol. The van der Waals surface area contributed by atoms with E-state index in [0.717, 1.165) is 17.7 Å². The molecule has 1 amide bonds. The molecule has 0 saturated carbocycles. The zero-order valence-corrected chi connectivity index (χ0v) is 21.9. The second kappa shape index (κ2) is 12.0. The van der Waals surface area contributed by atoms with Gasteiger partial charge in [0.15, 0.2) is 0 Å². The van der Waals surface area contributed by atoms with Gasteiger partial charge in [-0.25, -0.2) is 4.39 Å². The molecule has 3 nitrogen and oxygen atoms in total. The molecule has 0 unspecified atom stereocenters. The van der Waals surface area contributed by atoms with Crippen LogP contribution in [-0.2, 0) is 18.6 Å². The van der Waals surface area contributed by atoms with Crippen LogP contribution in [0.2, 0.25) is 10.0 Å². The first-order valence-corrected chi connectivity index (χ1v) is 12.4. The van der Waals surface area contributed by atoms with Crippen LogP contribution in [0, 0.1) is 0 Å². The molecule has 210 valence electrons. The van der Waals surface area contributed by atoms with Gasteiger partial charge in [0, 0.05) is 40.9 Å². The van der Waals surface area contributed by atoms with Gasteiger partial charge in [0.1, 0.15) is 0 Å². The number of hydrogen-bond acceptors (Lipinski definition) is 2. The second-order valence-electron chi connectivity index (χ2n) is 8.67. The number of anilines is 1. The fourth-order valence-electron chi connectivity index (χ4n) is 3.92. The van der Waals surface area contributed by atoms with E-state index in [0.29, 0.717) is 40.8 Å². The summed E-state index contributed by atoms with van der Waals surface area (Å²) in [6, 6.07) is 14.3. The molecule has 0 aliphatic heterocycles. The maximum absolute atomic E-state index is 14.4. The third-order valence-corrected chi connectivity index (χ3v) is 6.44. The normalized spacial score (nSPS) is 12.4. The molecule has 0 aliphatic carbocycles. The minimum Gasteiger partial charge on any atom is -0.385 e. The molecule has 0 fully saturated rings. The van der Waals surface area contributed by atoms with Crippen LogP contribution in [0.25, 0.3) is 0 Å². The summed E-state index contributed by atoms with van der Waals surface area (Å²) in [6.07, 6.45) is -12.1. The van der Waals surface area contributed by atoms with Crippen molar-refractivity contribution in [2.45, 2.75) is 37.9 Å². The lowest BCUT2D eigenvalue weighted by atomic mass is 9.93. The van der Waals surface area contributed by atoms with Gasteiger partial charge in [-0.3, -0.25) is 4.79 Å². The lowest BCUT2D eigenvalue weighted by molar-refractivity contribution is -0.348. The highest BCUT2D eigenvalue weighted by Gasteiger charge is 2.73. The first-order valence-electron chi connectivity index (χ1n) is 11.7. The van der Waals surface area contributed by atoms with Crippen LogP contribution in [0.15, 0.2) is 66.7 Å². The standard InChI is InChI=1S/C27H23Cl2F7N2O/c1-2-37-23-12-11-21(29)15-22(23)24(39)38(14-13-17-5-9-20(28)10-6-17)16-18-3-7-19(8-4-18)25(30,26(31,32)33)27(34,35)36/h3-12,15,37H,2,13-14,16H2,1H3. The number of carbonyl (C=O) groups excluding carboxylic acids is 1. The van der Waals surface area contributed by atoms with Crippen LogP contribution in [0.5, 0.6) is 0 Å². The third kappa shape index (κ3) is 6.97. The van der Waals surface area contributed by atoms with E-state index in [1.807, 2.05) is 6.92 Å². The van der Waals surface area contributed by atoms with Crippen molar-refractivity contribution in [3.63, 3.8) is 0 Å². The molecule has 0 bridgehead atoms. The largest absolute Gasteiger partial charge is 0.435 e. The minimum atomic E-state index is -6.22. The number of carbonyl (C=O) groups is 1. The molecule has 3 aromatic rings. The van der Waals surface area contributed by atoms with Gasteiger partial charge < -0.3 is 10.2 Å². The van der Waals surface area contributed by atoms with Crippen molar-refractivity contribution in [3.8, 4) is 0 Å². The third-order valence-electron chi connectivity index (χ3n) is 5.96. The summed E-state index contributed by atoms with van der Waals surface area (Å²) in [6.45, 7) is 2.29. The van der Waals surface area contributed by atoms with Crippen LogP contribution in [0.3, 0.4) is 0 Å². The Morgan fingerprint density at radius 3 is 1.87 bits per heavy atom. The number of nitrogens with zero attached hydrogens (tertiary/aromatic N) is 1. The number of alkyl halides is 7. The average molecular weight is 595 g/mol. The van der Waals surface area contributed by atoms with Gasteiger partial charge >= 0.3 is 18.0 Å².